The first kappa shape index (κ1) is 21.0. The summed E-state index contributed by atoms with van der Waals surface area (Å²) in [5.41, 5.74) is 0.709. The van der Waals surface area contributed by atoms with E-state index in [2.05, 4.69) is 0 Å². The van der Waals surface area contributed by atoms with Crippen LogP contribution < -0.4 is 14.4 Å². The van der Waals surface area contributed by atoms with Gasteiger partial charge in [0.2, 0.25) is 17.7 Å². The lowest BCUT2D eigenvalue weighted by Gasteiger charge is -2.26. The van der Waals surface area contributed by atoms with Gasteiger partial charge in [0.1, 0.15) is 13.2 Å². The maximum Gasteiger partial charge on any atom is 0.233 e. The number of ether oxygens (including phenoxy) is 2. The molecular formula is C24H26N2O5S. The quantitative estimate of drug-likeness (QED) is 0.623. The Morgan fingerprint density at radius 1 is 1.03 bits per heavy atom. The van der Waals surface area contributed by atoms with Crippen LogP contribution in [0.4, 0.5) is 5.69 Å². The average molecular weight is 455 g/mol. The normalized spacial score (nSPS) is 22.1. The highest BCUT2D eigenvalue weighted by atomic mass is 32.1. The average Bonchev–Trinajstić information content (AvgIpc) is 3.43. The van der Waals surface area contributed by atoms with Crippen LogP contribution >= 0.6 is 11.3 Å². The van der Waals surface area contributed by atoms with E-state index in [9.17, 15) is 14.4 Å². The van der Waals surface area contributed by atoms with E-state index in [0.29, 0.717) is 36.9 Å². The van der Waals surface area contributed by atoms with Crippen LogP contribution in [-0.2, 0) is 20.9 Å². The SMILES string of the molecule is O=C1[C@@H]2CCCC[C@H]2C(=O)N1CCC(=O)N(Cc1cccs1)c1ccc2c(c1)OCCO2. The van der Waals surface area contributed by atoms with Crippen molar-refractivity contribution in [2.75, 3.05) is 24.7 Å². The molecule has 1 saturated carbocycles. The van der Waals surface area contributed by atoms with Gasteiger partial charge in [0.05, 0.1) is 18.4 Å². The van der Waals surface area contributed by atoms with Crippen LogP contribution in [0.5, 0.6) is 11.5 Å². The Balaban J connectivity index is 1.33. The molecule has 1 aromatic carbocycles. The minimum Gasteiger partial charge on any atom is -0.486 e. The van der Waals surface area contributed by atoms with Gasteiger partial charge in [-0.3, -0.25) is 19.3 Å². The Labute approximate surface area is 190 Å². The molecule has 2 fully saturated rings. The highest BCUT2D eigenvalue weighted by Gasteiger charge is 2.47. The van der Waals surface area contributed by atoms with Crippen LogP contribution in [0.1, 0.15) is 37.0 Å². The molecule has 7 nitrogen and oxygen atoms in total. The minimum absolute atomic E-state index is 0.0940. The number of carbonyl (C=O) groups is 3. The summed E-state index contributed by atoms with van der Waals surface area (Å²) in [6.07, 6.45) is 3.64. The number of hydrogen-bond donors (Lipinski definition) is 0. The van der Waals surface area contributed by atoms with Crippen LogP contribution in [0.2, 0.25) is 0 Å². The third-order valence-corrected chi connectivity index (χ3v) is 7.38. The zero-order valence-corrected chi connectivity index (χ0v) is 18.6. The second kappa shape index (κ2) is 8.94. The third-order valence-electron chi connectivity index (χ3n) is 6.51. The van der Waals surface area contributed by atoms with Crippen molar-refractivity contribution in [3.63, 3.8) is 0 Å². The summed E-state index contributed by atoms with van der Waals surface area (Å²) < 4.78 is 11.3. The first-order valence-electron chi connectivity index (χ1n) is 11.2. The lowest BCUT2D eigenvalue weighted by atomic mass is 9.81. The molecule has 3 amide bonds. The summed E-state index contributed by atoms with van der Waals surface area (Å²) in [5, 5.41) is 1.98. The van der Waals surface area contributed by atoms with E-state index in [0.717, 1.165) is 30.6 Å². The van der Waals surface area contributed by atoms with Gasteiger partial charge in [-0.1, -0.05) is 18.9 Å². The molecule has 168 valence electrons. The van der Waals surface area contributed by atoms with Crippen molar-refractivity contribution in [3.05, 3.63) is 40.6 Å². The van der Waals surface area contributed by atoms with Gasteiger partial charge in [0, 0.05) is 29.6 Å². The maximum absolute atomic E-state index is 13.3. The summed E-state index contributed by atoms with van der Waals surface area (Å²) in [4.78, 5) is 42.9. The van der Waals surface area contributed by atoms with Gasteiger partial charge >= 0.3 is 0 Å². The van der Waals surface area contributed by atoms with Crippen LogP contribution in [0.15, 0.2) is 35.7 Å². The smallest absolute Gasteiger partial charge is 0.233 e. The van der Waals surface area contributed by atoms with Crippen molar-refractivity contribution in [2.45, 2.75) is 38.6 Å². The van der Waals surface area contributed by atoms with E-state index in [4.69, 9.17) is 9.47 Å². The maximum atomic E-state index is 13.3. The molecule has 0 unspecified atom stereocenters. The van der Waals surface area contributed by atoms with E-state index in [1.165, 1.54) is 4.90 Å². The van der Waals surface area contributed by atoms with Crippen LogP contribution in [0.25, 0.3) is 0 Å². The number of anilines is 1. The summed E-state index contributed by atoms with van der Waals surface area (Å²) >= 11 is 1.58. The first-order valence-corrected chi connectivity index (χ1v) is 12.1. The number of likely N-dealkylation sites (tertiary alicyclic amines) is 1. The molecule has 2 aliphatic heterocycles. The van der Waals surface area contributed by atoms with E-state index < -0.39 is 0 Å². The number of hydrogen-bond acceptors (Lipinski definition) is 6. The summed E-state index contributed by atoms with van der Waals surface area (Å²) in [6, 6.07) is 9.42. The second-order valence-electron chi connectivity index (χ2n) is 8.46. The van der Waals surface area contributed by atoms with Crippen molar-refractivity contribution in [3.8, 4) is 11.5 Å². The molecule has 1 saturated heterocycles. The fourth-order valence-electron chi connectivity index (χ4n) is 4.88. The number of carbonyl (C=O) groups excluding carboxylic acids is 3. The predicted octanol–water partition coefficient (Wildman–Crippen LogP) is 3.62. The largest absolute Gasteiger partial charge is 0.486 e. The topological polar surface area (TPSA) is 76.2 Å². The van der Waals surface area contributed by atoms with Crippen molar-refractivity contribution in [2.24, 2.45) is 11.8 Å². The number of imide groups is 1. The number of amides is 3. The Kier molecular flexibility index (Phi) is 5.87. The number of thiophene rings is 1. The van der Waals surface area contributed by atoms with Gasteiger partial charge in [-0.2, -0.15) is 0 Å². The molecule has 0 bridgehead atoms. The third kappa shape index (κ3) is 3.99. The molecule has 2 atom stereocenters. The molecule has 0 radical (unpaired) electrons. The van der Waals surface area contributed by atoms with Crippen LogP contribution in [0.3, 0.4) is 0 Å². The number of nitrogens with zero attached hydrogens (tertiary/aromatic N) is 2. The number of rotatable bonds is 6. The number of benzene rings is 1. The van der Waals surface area contributed by atoms with Crippen molar-refractivity contribution < 1.29 is 23.9 Å². The molecule has 0 spiro atoms. The van der Waals surface area contributed by atoms with E-state index in [1.54, 1.807) is 16.2 Å². The fourth-order valence-corrected chi connectivity index (χ4v) is 5.57. The molecule has 2 aromatic rings. The summed E-state index contributed by atoms with van der Waals surface area (Å²) in [7, 11) is 0. The van der Waals surface area contributed by atoms with Gasteiger partial charge in [-0.15, -0.1) is 11.3 Å². The molecule has 8 heteroatoms. The second-order valence-corrected chi connectivity index (χ2v) is 9.50. The number of fused-ring (bicyclic) bond motifs is 2. The first-order chi connectivity index (χ1) is 15.6. The molecule has 0 N–H and O–H groups in total. The van der Waals surface area contributed by atoms with Crippen molar-refractivity contribution in [1.82, 2.24) is 4.90 Å². The highest BCUT2D eigenvalue weighted by Crippen LogP contribution is 2.38. The van der Waals surface area contributed by atoms with Gasteiger partial charge in [0.15, 0.2) is 11.5 Å². The van der Waals surface area contributed by atoms with Crippen molar-refractivity contribution in [1.29, 1.82) is 0 Å². The van der Waals surface area contributed by atoms with E-state index in [-0.39, 0.29) is 42.5 Å². The van der Waals surface area contributed by atoms with E-state index >= 15 is 0 Å². The van der Waals surface area contributed by atoms with Gasteiger partial charge < -0.3 is 14.4 Å². The lowest BCUT2D eigenvalue weighted by Crippen LogP contribution is -2.37. The molecule has 5 rings (SSSR count). The highest BCUT2D eigenvalue weighted by molar-refractivity contribution is 7.09. The monoisotopic (exact) mass is 454 g/mol. The fraction of sp³-hybridized carbons (Fsp3) is 0.458. The van der Waals surface area contributed by atoms with Crippen LogP contribution in [0, 0.1) is 11.8 Å². The van der Waals surface area contributed by atoms with E-state index in [1.807, 2.05) is 35.7 Å². The summed E-state index contributed by atoms with van der Waals surface area (Å²) in [5.74, 6) is 0.572. The Hall–Kier alpha value is -2.87. The van der Waals surface area contributed by atoms with Crippen LogP contribution in [-0.4, -0.2) is 42.4 Å². The van der Waals surface area contributed by atoms with Crippen molar-refractivity contribution >= 4 is 34.7 Å². The Morgan fingerprint density at radius 3 is 2.44 bits per heavy atom. The molecular weight excluding hydrogens is 428 g/mol. The molecule has 3 heterocycles. The minimum atomic E-state index is -0.189. The lowest BCUT2D eigenvalue weighted by molar-refractivity contribution is -0.140. The zero-order chi connectivity index (χ0) is 22.1. The zero-order valence-electron chi connectivity index (χ0n) is 17.8. The summed E-state index contributed by atoms with van der Waals surface area (Å²) in [6.45, 7) is 1.53. The van der Waals surface area contributed by atoms with Gasteiger partial charge in [-0.05, 0) is 36.4 Å². The predicted molar refractivity (Wildman–Crippen MR) is 120 cm³/mol. The standard InChI is InChI=1S/C24H26N2O5S/c27-22(9-10-25-23(28)18-5-1-2-6-19(18)24(25)29)26(15-17-4-3-13-32-17)16-7-8-20-21(14-16)31-12-11-30-20/h3-4,7-8,13-14,18-19H,1-2,5-6,9-12,15H2/t18-,19-/m1/s1. The van der Waals surface area contributed by atoms with Gasteiger partial charge in [-0.25, -0.2) is 0 Å². The Morgan fingerprint density at radius 2 is 1.75 bits per heavy atom. The molecule has 3 aliphatic rings. The molecule has 32 heavy (non-hydrogen) atoms. The Bertz CT molecular complexity index is 997. The molecule has 1 aliphatic carbocycles. The molecule has 1 aromatic heterocycles. The van der Waals surface area contributed by atoms with Gasteiger partial charge in [0.25, 0.3) is 0 Å².